The van der Waals surface area contributed by atoms with Gasteiger partial charge in [-0.2, -0.15) is 4.98 Å². The van der Waals surface area contributed by atoms with E-state index in [0.29, 0.717) is 5.95 Å². The van der Waals surface area contributed by atoms with Gasteiger partial charge in [-0.15, -0.1) is 11.3 Å². The Bertz CT molecular complexity index is 736. The van der Waals surface area contributed by atoms with E-state index < -0.39 is 0 Å². The average molecular weight is 284 g/mol. The summed E-state index contributed by atoms with van der Waals surface area (Å²) in [4.78, 5) is 13.5. The minimum atomic E-state index is 0.650. The number of aromatic nitrogens is 2. The molecule has 20 heavy (non-hydrogen) atoms. The number of nitrogens with one attached hydrogen (secondary N) is 1. The first-order valence-electron chi connectivity index (χ1n) is 6.44. The predicted octanol–water partition coefficient (Wildman–Crippen LogP) is 3.81. The molecule has 0 amide bonds. The molecule has 1 N–H and O–H groups in total. The van der Waals surface area contributed by atoms with Gasteiger partial charge >= 0.3 is 0 Å². The lowest BCUT2D eigenvalue weighted by molar-refractivity contribution is 1.11. The van der Waals surface area contributed by atoms with Crippen LogP contribution in [-0.4, -0.2) is 24.1 Å². The molecule has 102 valence electrons. The molecule has 3 aromatic rings. The fourth-order valence-corrected chi connectivity index (χ4v) is 3.04. The maximum absolute atomic E-state index is 4.62. The van der Waals surface area contributed by atoms with E-state index in [-0.39, 0.29) is 0 Å². The average Bonchev–Trinajstić information content (AvgIpc) is 2.86. The van der Waals surface area contributed by atoms with E-state index in [1.54, 1.807) is 11.3 Å². The van der Waals surface area contributed by atoms with Crippen LogP contribution in [0.15, 0.2) is 36.4 Å². The first-order chi connectivity index (χ1) is 9.69. The molecule has 4 nitrogen and oxygen atoms in total. The summed E-state index contributed by atoms with van der Waals surface area (Å²) < 4.78 is 0. The third-order valence-electron chi connectivity index (χ3n) is 3.18. The standard InChI is InChI=1S/C15H16N4S/c1-10-9-12-13(17-15(16-2)18-14(12)20-10)19(3)11-7-5-4-6-8-11/h4-9H,1-3H3,(H,16,17,18). The van der Waals surface area contributed by atoms with Crippen molar-refractivity contribution in [2.75, 3.05) is 24.3 Å². The molecule has 0 saturated carbocycles. The zero-order valence-corrected chi connectivity index (χ0v) is 12.5. The lowest BCUT2D eigenvalue weighted by atomic mass is 10.2. The molecular formula is C15H16N4S. The van der Waals surface area contributed by atoms with Crippen molar-refractivity contribution in [3.8, 4) is 0 Å². The van der Waals surface area contributed by atoms with E-state index in [0.717, 1.165) is 21.7 Å². The summed E-state index contributed by atoms with van der Waals surface area (Å²) in [5, 5.41) is 4.13. The third kappa shape index (κ3) is 2.20. The summed E-state index contributed by atoms with van der Waals surface area (Å²) in [6.45, 7) is 2.09. The Balaban J connectivity index is 2.18. The van der Waals surface area contributed by atoms with Crippen LogP contribution in [0.4, 0.5) is 17.5 Å². The van der Waals surface area contributed by atoms with Crippen LogP contribution in [0.3, 0.4) is 0 Å². The molecule has 0 aliphatic carbocycles. The van der Waals surface area contributed by atoms with Crippen molar-refractivity contribution in [2.24, 2.45) is 0 Å². The summed E-state index contributed by atoms with van der Waals surface area (Å²) in [6.07, 6.45) is 0. The second-order valence-corrected chi connectivity index (χ2v) is 5.83. The Morgan fingerprint density at radius 1 is 1.15 bits per heavy atom. The van der Waals surface area contributed by atoms with E-state index in [1.165, 1.54) is 4.88 Å². The monoisotopic (exact) mass is 284 g/mol. The Hall–Kier alpha value is -2.14. The van der Waals surface area contributed by atoms with Gasteiger partial charge in [0.15, 0.2) is 0 Å². The Morgan fingerprint density at radius 2 is 1.90 bits per heavy atom. The largest absolute Gasteiger partial charge is 0.357 e. The minimum Gasteiger partial charge on any atom is -0.357 e. The highest BCUT2D eigenvalue weighted by Gasteiger charge is 2.14. The van der Waals surface area contributed by atoms with Crippen LogP contribution >= 0.6 is 11.3 Å². The number of anilines is 3. The molecule has 0 spiro atoms. The van der Waals surface area contributed by atoms with Crippen LogP contribution in [0.2, 0.25) is 0 Å². The van der Waals surface area contributed by atoms with Gasteiger partial charge in [0.25, 0.3) is 0 Å². The highest BCUT2D eigenvalue weighted by atomic mass is 32.1. The maximum atomic E-state index is 4.62. The van der Waals surface area contributed by atoms with Gasteiger partial charge in [-0.3, -0.25) is 0 Å². The fourth-order valence-electron chi connectivity index (χ4n) is 2.17. The van der Waals surface area contributed by atoms with Gasteiger partial charge in [0.2, 0.25) is 5.95 Å². The second-order valence-electron chi connectivity index (χ2n) is 4.59. The number of rotatable bonds is 3. The molecule has 0 aliphatic heterocycles. The third-order valence-corrected chi connectivity index (χ3v) is 4.13. The molecule has 1 aromatic carbocycles. The summed E-state index contributed by atoms with van der Waals surface area (Å²) in [6, 6.07) is 12.4. The van der Waals surface area contributed by atoms with Crippen molar-refractivity contribution < 1.29 is 0 Å². The predicted molar refractivity (Wildman–Crippen MR) is 86.2 cm³/mol. The number of benzene rings is 1. The maximum Gasteiger partial charge on any atom is 0.225 e. The SMILES string of the molecule is CNc1nc(N(C)c2ccccc2)c2cc(C)sc2n1. The van der Waals surface area contributed by atoms with Gasteiger partial charge in [-0.1, -0.05) is 18.2 Å². The van der Waals surface area contributed by atoms with Crippen LogP contribution in [0.25, 0.3) is 10.2 Å². The smallest absolute Gasteiger partial charge is 0.225 e. The Kier molecular flexibility index (Phi) is 3.28. The highest BCUT2D eigenvalue weighted by molar-refractivity contribution is 7.18. The van der Waals surface area contributed by atoms with Gasteiger partial charge in [0.1, 0.15) is 10.6 Å². The van der Waals surface area contributed by atoms with Crippen molar-refractivity contribution in [2.45, 2.75) is 6.92 Å². The molecule has 0 fully saturated rings. The highest BCUT2D eigenvalue weighted by Crippen LogP contribution is 2.33. The van der Waals surface area contributed by atoms with E-state index in [2.05, 4.69) is 45.3 Å². The van der Waals surface area contributed by atoms with Crippen LogP contribution in [0.5, 0.6) is 0 Å². The van der Waals surface area contributed by atoms with Crippen LogP contribution in [-0.2, 0) is 0 Å². The van der Waals surface area contributed by atoms with Crippen molar-refractivity contribution in [1.82, 2.24) is 9.97 Å². The zero-order valence-electron chi connectivity index (χ0n) is 11.7. The topological polar surface area (TPSA) is 41.1 Å². The number of aryl methyl sites for hydroxylation is 1. The first kappa shape index (κ1) is 12.9. The zero-order chi connectivity index (χ0) is 14.1. The van der Waals surface area contributed by atoms with Crippen LogP contribution in [0, 0.1) is 6.92 Å². The van der Waals surface area contributed by atoms with E-state index in [4.69, 9.17) is 0 Å². The van der Waals surface area contributed by atoms with Gasteiger partial charge < -0.3 is 10.2 Å². The lowest BCUT2D eigenvalue weighted by Gasteiger charge is -2.19. The van der Waals surface area contributed by atoms with E-state index in [1.807, 2.05) is 32.3 Å². The van der Waals surface area contributed by atoms with Crippen LogP contribution in [0.1, 0.15) is 4.88 Å². The Morgan fingerprint density at radius 3 is 2.60 bits per heavy atom. The van der Waals surface area contributed by atoms with E-state index >= 15 is 0 Å². The van der Waals surface area contributed by atoms with Gasteiger partial charge in [0, 0.05) is 24.7 Å². The quantitative estimate of drug-likeness (QED) is 0.794. The van der Waals surface area contributed by atoms with Crippen molar-refractivity contribution >= 4 is 39.0 Å². The minimum absolute atomic E-state index is 0.650. The molecule has 0 unspecified atom stereocenters. The van der Waals surface area contributed by atoms with Crippen molar-refractivity contribution in [3.63, 3.8) is 0 Å². The van der Waals surface area contributed by atoms with Crippen LogP contribution < -0.4 is 10.2 Å². The molecule has 5 heteroatoms. The normalized spacial score (nSPS) is 10.8. The van der Waals surface area contributed by atoms with Crippen molar-refractivity contribution in [3.05, 3.63) is 41.3 Å². The molecule has 2 aromatic heterocycles. The number of para-hydroxylation sites is 1. The van der Waals surface area contributed by atoms with E-state index in [9.17, 15) is 0 Å². The summed E-state index contributed by atoms with van der Waals surface area (Å²) in [7, 11) is 3.87. The van der Waals surface area contributed by atoms with Gasteiger partial charge in [-0.05, 0) is 25.1 Å². The molecule has 0 radical (unpaired) electrons. The molecule has 0 atom stereocenters. The molecule has 3 rings (SSSR count). The molecular weight excluding hydrogens is 268 g/mol. The number of thiophene rings is 1. The summed E-state index contributed by atoms with van der Waals surface area (Å²) in [5.41, 5.74) is 1.11. The molecule has 0 aliphatic rings. The number of fused-ring (bicyclic) bond motifs is 1. The summed E-state index contributed by atoms with van der Waals surface area (Å²) >= 11 is 1.69. The summed E-state index contributed by atoms with van der Waals surface area (Å²) in [5.74, 6) is 1.58. The number of nitrogens with zero attached hydrogens (tertiary/aromatic N) is 3. The number of hydrogen-bond acceptors (Lipinski definition) is 5. The second kappa shape index (κ2) is 5.09. The van der Waals surface area contributed by atoms with Crippen molar-refractivity contribution in [1.29, 1.82) is 0 Å². The molecule has 0 saturated heterocycles. The molecule has 0 bridgehead atoms. The number of hydrogen-bond donors (Lipinski definition) is 1. The van der Waals surface area contributed by atoms with Gasteiger partial charge in [-0.25, -0.2) is 4.98 Å². The Labute approximate surface area is 122 Å². The fraction of sp³-hybridized carbons (Fsp3) is 0.200. The van der Waals surface area contributed by atoms with Gasteiger partial charge in [0.05, 0.1) is 5.39 Å². The lowest BCUT2D eigenvalue weighted by Crippen LogP contribution is -2.12. The first-order valence-corrected chi connectivity index (χ1v) is 7.25. The molecule has 2 heterocycles.